The quantitative estimate of drug-likeness (QED) is 0.892. The van der Waals surface area contributed by atoms with Crippen LogP contribution in [0, 0.1) is 11.7 Å². The summed E-state index contributed by atoms with van der Waals surface area (Å²) in [6.07, 6.45) is 1.90. The van der Waals surface area contributed by atoms with E-state index in [1.165, 1.54) is 6.07 Å². The first kappa shape index (κ1) is 16.2. The van der Waals surface area contributed by atoms with Crippen molar-refractivity contribution in [1.82, 2.24) is 0 Å². The number of hydrogen-bond acceptors (Lipinski definition) is 4. The fraction of sp³-hybridized carbons (Fsp3) is 0.400. The number of ether oxygens (including phenoxy) is 3. The predicted molar refractivity (Wildman–Crippen MR) is 93.7 cm³/mol. The van der Waals surface area contributed by atoms with Gasteiger partial charge in [0.25, 0.3) is 0 Å². The summed E-state index contributed by atoms with van der Waals surface area (Å²) in [6, 6.07) is 10.8. The lowest BCUT2D eigenvalue weighted by Gasteiger charge is -2.43. The number of rotatable bonds is 3. The van der Waals surface area contributed by atoms with Gasteiger partial charge in [-0.25, -0.2) is 4.39 Å². The number of fused-ring (bicyclic) bond motifs is 3. The van der Waals surface area contributed by atoms with Crippen molar-refractivity contribution in [3.8, 4) is 11.5 Å². The summed E-state index contributed by atoms with van der Waals surface area (Å²) in [6.45, 7) is 0.707. The van der Waals surface area contributed by atoms with Crippen LogP contribution in [0.1, 0.15) is 36.1 Å². The van der Waals surface area contributed by atoms with Crippen LogP contribution in [0.5, 0.6) is 11.5 Å². The molecule has 3 atom stereocenters. The highest BCUT2D eigenvalue weighted by Crippen LogP contribution is 2.51. The normalized spacial score (nSPS) is 24.7. The summed E-state index contributed by atoms with van der Waals surface area (Å²) >= 11 is 0. The third kappa shape index (κ3) is 2.72. The summed E-state index contributed by atoms with van der Waals surface area (Å²) < 4.78 is 30.9. The fourth-order valence-corrected chi connectivity index (χ4v) is 4.11. The van der Waals surface area contributed by atoms with Crippen molar-refractivity contribution >= 4 is 5.69 Å². The number of benzene rings is 2. The first-order chi connectivity index (χ1) is 12.2. The van der Waals surface area contributed by atoms with Crippen molar-refractivity contribution in [2.45, 2.75) is 25.0 Å². The molecule has 0 bridgehead atoms. The minimum absolute atomic E-state index is 0.0216. The van der Waals surface area contributed by atoms with Crippen LogP contribution in [-0.2, 0) is 4.74 Å². The summed E-state index contributed by atoms with van der Waals surface area (Å²) in [5.41, 5.74) is 2.86. The van der Waals surface area contributed by atoms with Gasteiger partial charge in [-0.1, -0.05) is 12.1 Å². The zero-order valence-electron chi connectivity index (χ0n) is 14.4. The van der Waals surface area contributed by atoms with Gasteiger partial charge in [0.15, 0.2) is 11.5 Å². The molecule has 132 valence electrons. The molecule has 2 heterocycles. The first-order valence-corrected chi connectivity index (χ1v) is 8.61. The second kappa shape index (κ2) is 6.56. The molecule has 2 aliphatic heterocycles. The highest BCUT2D eigenvalue weighted by molar-refractivity contribution is 5.59. The van der Waals surface area contributed by atoms with E-state index in [2.05, 4.69) is 11.4 Å². The Bertz CT molecular complexity index is 780. The maximum Gasteiger partial charge on any atom is 0.165 e. The Morgan fingerprint density at radius 2 is 2.00 bits per heavy atom. The van der Waals surface area contributed by atoms with Gasteiger partial charge in [-0.2, -0.15) is 0 Å². The van der Waals surface area contributed by atoms with Gasteiger partial charge in [0.1, 0.15) is 5.82 Å². The third-order valence-electron chi connectivity index (χ3n) is 5.20. The number of para-hydroxylation sites is 1. The molecule has 0 aliphatic carbocycles. The van der Waals surface area contributed by atoms with Crippen LogP contribution in [0.25, 0.3) is 0 Å². The van der Waals surface area contributed by atoms with Crippen LogP contribution in [0.2, 0.25) is 0 Å². The summed E-state index contributed by atoms with van der Waals surface area (Å²) in [5, 5.41) is 3.58. The molecular formula is C20H22FNO3. The molecule has 4 rings (SSSR count). The fourth-order valence-electron chi connectivity index (χ4n) is 4.11. The van der Waals surface area contributed by atoms with E-state index in [1.807, 2.05) is 12.1 Å². The van der Waals surface area contributed by atoms with Gasteiger partial charge in [-0.05, 0) is 37.1 Å². The van der Waals surface area contributed by atoms with Crippen LogP contribution in [-0.4, -0.2) is 20.8 Å². The lowest BCUT2D eigenvalue weighted by Crippen LogP contribution is -2.36. The van der Waals surface area contributed by atoms with Gasteiger partial charge in [-0.3, -0.25) is 0 Å². The van der Waals surface area contributed by atoms with E-state index < -0.39 is 0 Å². The molecule has 1 fully saturated rings. The molecule has 0 amide bonds. The SMILES string of the molecule is COc1cccc([C@@H]2Nc3ccc(F)cc3[C@@H]3OCCC[C@H]23)c1OC. The van der Waals surface area contributed by atoms with Crippen molar-refractivity contribution in [3.05, 3.63) is 53.3 Å². The smallest absolute Gasteiger partial charge is 0.165 e. The molecular weight excluding hydrogens is 321 g/mol. The van der Waals surface area contributed by atoms with E-state index in [1.54, 1.807) is 26.4 Å². The minimum Gasteiger partial charge on any atom is -0.493 e. The topological polar surface area (TPSA) is 39.7 Å². The Hall–Kier alpha value is -2.27. The summed E-state index contributed by atoms with van der Waals surface area (Å²) in [5.74, 6) is 1.42. The average Bonchev–Trinajstić information content (AvgIpc) is 2.66. The second-order valence-corrected chi connectivity index (χ2v) is 6.53. The van der Waals surface area contributed by atoms with E-state index in [0.29, 0.717) is 12.4 Å². The molecule has 0 radical (unpaired) electrons. The van der Waals surface area contributed by atoms with Gasteiger partial charge in [-0.15, -0.1) is 0 Å². The third-order valence-corrected chi connectivity index (χ3v) is 5.20. The zero-order valence-corrected chi connectivity index (χ0v) is 14.4. The van der Waals surface area contributed by atoms with Crippen molar-refractivity contribution in [1.29, 1.82) is 0 Å². The Balaban J connectivity index is 1.82. The summed E-state index contributed by atoms with van der Waals surface area (Å²) in [4.78, 5) is 0. The van der Waals surface area contributed by atoms with Gasteiger partial charge >= 0.3 is 0 Å². The van der Waals surface area contributed by atoms with Crippen molar-refractivity contribution in [2.75, 3.05) is 26.1 Å². The number of nitrogens with one attached hydrogen (secondary N) is 1. The molecule has 25 heavy (non-hydrogen) atoms. The lowest BCUT2D eigenvalue weighted by molar-refractivity contribution is -0.0384. The molecule has 4 nitrogen and oxygen atoms in total. The Morgan fingerprint density at radius 3 is 2.80 bits per heavy atom. The molecule has 0 saturated carbocycles. The second-order valence-electron chi connectivity index (χ2n) is 6.53. The van der Waals surface area contributed by atoms with Gasteiger partial charge in [0.05, 0.1) is 26.4 Å². The lowest BCUT2D eigenvalue weighted by atomic mass is 9.77. The number of hydrogen-bond donors (Lipinski definition) is 1. The molecule has 0 unspecified atom stereocenters. The largest absolute Gasteiger partial charge is 0.493 e. The van der Waals surface area contributed by atoms with Crippen LogP contribution in [0.15, 0.2) is 36.4 Å². The first-order valence-electron chi connectivity index (χ1n) is 8.61. The van der Waals surface area contributed by atoms with Crippen LogP contribution >= 0.6 is 0 Å². The van der Waals surface area contributed by atoms with Crippen molar-refractivity contribution in [3.63, 3.8) is 0 Å². The zero-order chi connectivity index (χ0) is 17.4. The highest BCUT2D eigenvalue weighted by atomic mass is 19.1. The van der Waals surface area contributed by atoms with Crippen LogP contribution in [0.4, 0.5) is 10.1 Å². The van der Waals surface area contributed by atoms with Gasteiger partial charge in [0, 0.05) is 29.3 Å². The van der Waals surface area contributed by atoms with E-state index in [-0.39, 0.29) is 23.9 Å². The van der Waals surface area contributed by atoms with E-state index in [4.69, 9.17) is 14.2 Å². The monoisotopic (exact) mass is 343 g/mol. The maximum absolute atomic E-state index is 13.8. The van der Waals surface area contributed by atoms with E-state index in [0.717, 1.165) is 35.4 Å². The van der Waals surface area contributed by atoms with Gasteiger partial charge in [0.2, 0.25) is 0 Å². The Kier molecular flexibility index (Phi) is 4.25. The van der Waals surface area contributed by atoms with E-state index in [9.17, 15) is 4.39 Å². The number of methoxy groups -OCH3 is 2. The summed E-state index contributed by atoms with van der Waals surface area (Å²) in [7, 11) is 3.29. The van der Waals surface area contributed by atoms with Crippen molar-refractivity contribution in [2.24, 2.45) is 5.92 Å². The molecule has 1 saturated heterocycles. The Labute approximate surface area is 146 Å². The standard InChI is InChI=1S/C20H22FNO3/c1-23-17-7-3-5-14(20(17)24-2)18-13-6-4-10-25-19(13)15-11-12(21)8-9-16(15)22-18/h3,5,7-9,11,13,18-19,22H,4,6,10H2,1-2H3/t13-,18-,19-/m1/s1. The molecule has 1 N–H and O–H groups in total. The predicted octanol–water partition coefficient (Wildman–Crippen LogP) is 4.48. The van der Waals surface area contributed by atoms with Crippen LogP contribution in [0.3, 0.4) is 0 Å². The number of halogens is 1. The molecule has 0 spiro atoms. The van der Waals surface area contributed by atoms with Crippen molar-refractivity contribution < 1.29 is 18.6 Å². The molecule has 2 aromatic carbocycles. The maximum atomic E-state index is 13.8. The Morgan fingerprint density at radius 1 is 1.12 bits per heavy atom. The van der Waals surface area contributed by atoms with Gasteiger partial charge < -0.3 is 19.5 Å². The number of anilines is 1. The molecule has 2 aliphatic rings. The highest BCUT2D eigenvalue weighted by Gasteiger charge is 2.41. The molecule has 0 aromatic heterocycles. The minimum atomic E-state index is -0.231. The van der Waals surface area contributed by atoms with Crippen LogP contribution < -0.4 is 14.8 Å². The molecule has 5 heteroatoms. The van der Waals surface area contributed by atoms with E-state index >= 15 is 0 Å². The molecule has 2 aromatic rings. The average molecular weight is 343 g/mol.